The number of piperazine rings is 1. The fourth-order valence-corrected chi connectivity index (χ4v) is 2.36. The summed E-state index contributed by atoms with van der Waals surface area (Å²) in [5.74, 6) is 0.660. The number of nitrogens with zero attached hydrogens (tertiary/aromatic N) is 4. The molecule has 0 spiro atoms. The molecule has 1 aliphatic rings. The summed E-state index contributed by atoms with van der Waals surface area (Å²) in [5, 5.41) is 12.9. The van der Waals surface area contributed by atoms with E-state index in [0.717, 1.165) is 31.6 Å². The van der Waals surface area contributed by atoms with Crippen molar-refractivity contribution in [1.82, 2.24) is 20.2 Å². The highest BCUT2D eigenvalue weighted by Gasteiger charge is 2.23. The Morgan fingerprint density at radius 3 is 2.84 bits per heavy atom. The maximum absolute atomic E-state index is 9.53. The summed E-state index contributed by atoms with van der Waals surface area (Å²) < 4.78 is 0. The van der Waals surface area contributed by atoms with Crippen molar-refractivity contribution in [3.05, 3.63) is 30.0 Å². The van der Waals surface area contributed by atoms with Crippen molar-refractivity contribution in [2.45, 2.75) is 26.3 Å². The zero-order valence-electron chi connectivity index (χ0n) is 11.4. The molecule has 2 heterocycles. The summed E-state index contributed by atoms with van der Waals surface area (Å²) in [6.07, 6.45) is 4.19. The summed E-state index contributed by atoms with van der Waals surface area (Å²) in [5.41, 5.74) is 1.64. The van der Waals surface area contributed by atoms with Crippen LogP contribution in [0.2, 0.25) is 0 Å². The molecule has 1 aromatic rings. The van der Waals surface area contributed by atoms with Crippen molar-refractivity contribution < 1.29 is 0 Å². The van der Waals surface area contributed by atoms with Crippen LogP contribution in [0.3, 0.4) is 0 Å². The van der Waals surface area contributed by atoms with Crippen LogP contribution >= 0.6 is 0 Å². The molecule has 100 valence electrons. The molecule has 5 nitrogen and oxygen atoms in total. The molecule has 1 aliphatic heterocycles. The van der Waals surface area contributed by atoms with Crippen molar-refractivity contribution in [3.8, 4) is 6.07 Å². The lowest BCUT2D eigenvalue weighted by Crippen LogP contribution is -2.49. The quantitative estimate of drug-likeness (QED) is 0.829. The number of nitriles is 1. The number of nitrogens with one attached hydrogen (secondary N) is 1. The van der Waals surface area contributed by atoms with Gasteiger partial charge in [-0.2, -0.15) is 5.26 Å². The predicted molar refractivity (Wildman–Crippen MR) is 73.9 cm³/mol. The Balaban J connectivity index is 2.41. The lowest BCUT2D eigenvalue weighted by molar-refractivity contribution is 0.232. The van der Waals surface area contributed by atoms with Gasteiger partial charge in [0.15, 0.2) is 5.82 Å². The highest BCUT2D eigenvalue weighted by atomic mass is 15.2. The third-order valence-electron chi connectivity index (χ3n) is 3.37. The SMILES string of the molecule is CC/C(=C(/C#N)N1CCNCC1C)c1ncccn1. The van der Waals surface area contributed by atoms with Gasteiger partial charge in [-0.05, 0) is 19.4 Å². The lowest BCUT2D eigenvalue weighted by Gasteiger charge is -2.36. The second kappa shape index (κ2) is 6.30. The molecular weight excluding hydrogens is 238 g/mol. The minimum Gasteiger partial charge on any atom is -0.357 e. The van der Waals surface area contributed by atoms with E-state index < -0.39 is 0 Å². The van der Waals surface area contributed by atoms with Crippen molar-refractivity contribution in [2.24, 2.45) is 0 Å². The van der Waals surface area contributed by atoms with Crippen molar-refractivity contribution >= 4 is 5.57 Å². The Hall–Kier alpha value is -1.93. The zero-order chi connectivity index (χ0) is 13.7. The number of hydrogen-bond donors (Lipinski definition) is 1. The van der Waals surface area contributed by atoms with E-state index in [1.165, 1.54) is 0 Å². The number of allylic oxidation sites excluding steroid dienone is 2. The van der Waals surface area contributed by atoms with Crippen LogP contribution in [0, 0.1) is 11.3 Å². The van der Waals surface area contributed by atoms with Gasteiger partial charge in [0.2, 0.25) is 0 Å². The van der Waals surface area contributed by atoms with Crippen LogP contribution in [0.4, 0.5) is 0 Å². The van der Waals surface area contributed by atoms with Gasteiger partial charge in [-0.1, -0.05) is 6.92 Å². The first-order valence-corrected chi connectivity index (χ1v) is 6.66. The van der Waals surface area contributed by atoms with Crippen LogP contribution in [0.5, 0.6) is 0 Å². The molecule has 0 aliphatic carbocycles. The lowest BCUT2D eigenvalue weighted by atomic mass is 10.1. The maximum Gasteiger partial charge on any atom is 0.157 e. The molecule has 1 fully saturated rings. The molecule has 0 saturated carbocycles. The van der Waals surface area contributed by atoms with Crippen LogP contribution in [-0.4, -0.2) is 40.5 Å². The molecule has 1 aromatic heterocycles. The van der Waals surface area contributed by atoms with Crippen LogP contribution < -0.4 is 5.32 Å². The molecule has 19 heavy (non-hydrogen) atoms. The summed E-state index contributed by atoms with van der Waals surface area (Å²) in [7, 11) is 0. The van der Waals surface area contributed by atoms with E-state index in [1.54, 1.807) is 18.5 Å². The minimum atomic E-state index is 0.314. The second-order valence-corrected chi connectivity index (χ2v) is 4.61. The first-order chi connectivity index (χ1) is 9.27. The molecule has 0 radical (unpaired) electrons. The fraction of sp³-hybridized carbons (Fsp3) is 0.500. The number of rotatable bonds is 3. The monoisotopic (exact) mass is 257 g/mol. The molecule has 1 saturated heterocycles. The van der Waals surface area contributed by atoms with Gasteiger partial charge in [-0.3, -0.25) is 0 Å². The smallest absolute Gasteiger partial charge is 0.157 e. The third-order valence-corrected chi connectivity index (χ3v) is 3.37. The topological polar surface area (TPSA) is 64.8 Å². The van der Waals surface area contributed by atoms with Gasteiger partial charge in [0.1, 0.15) is 11.8 Å². The highest BCUT2D eigenvalue weighted by molar-refractivity contribution is 5.66. The fourth-order valence-electron chi connectivity index (χ4n) is 2.36. The Bertz CT molecular complexity index is 488. The highest BCUT2D eigenvalue weighted by Crippen LogP contribution is 2.23. The first kappa shape index (κ1) is 13.5. The minimum absolute atomic E-state index is 0.314. The Labute approximate surface area is 114 Å². The Morgan fingerprint density at radius 2 is 2.26 bits per heavy atom. The Kier molecular flexibility index (Phi) is 4.48. The van der Waals surface area contributed by atoms with Crippen molar-refractivity contribution in [2.75, 3.05) is 19.6 Å². The van der Waals surface area contributed by atoms with Gasteiger partial charge >= 0.3 is 0 Å². The van der Waals surface area contributed by atoms with Gasteiger partial charge in [0, 0.05) is 43.6 Å². The predicted octanol–water partition coefficient (Wildman–Crippen LogP) is 1.41. The molecule has 0 bridgehead atoms. The van der Waals surface area contributed by atoms with E-state index in [0.29, 0.717) is 17.6 Å². The molecule has 5 heteroatoms. The van der Waals surface area contributed by atoms with Crippen LogP contribution in [-0.2, 0) is 0 Å². The average molecular weight is 257 g/mol. The Morgan fingerprint density at radius 1 is 1.53 bits per heavy atom. The van der Waals surface area contributed by atoms with Crippen molar-refractivity contribution in [3.63, 3.8) is 0 Å². The van der Waals surface area contributed by atoms with E-state index in [4.69, 9.17) is 0 Å². The van der Waals surface area contributed by atoms with Crippen LogP contribution in [0.15, 0.2) is 24.2 Å². The zero-order valence-corrected chi connectivity index (χ0v) is 11.4. The molecular formula is C14H19N5. The number of hydrogen-bond acceptors (Lipinski definition) is 5. The first-order valence-electron chi connectivity index (χ1n) is 6.66. The van der Waals surface area contributed by atoms with Crippen LogP contribution in [0.1, 0.15) is 26.1 Å². The van der Waals surface area contributed by atoms with E-state index in [-0.39, 0.29) is 0 Å². The molecule has 1 N–H and O–H groups in total. The van der Waals surface area contributed by atoms with Gasteiger partial charge in [-0.15, -0.1) is 0 Å². The van der Waals surface area contributed by atoms with E-state index >= 15 is 0 Å². The molecule has 0 aromatic carbocycles. The molecule has 2 rings (SSSR count). The number of aromatic nitrogens is 2. The third kappa shape index (κ3) is 2.91. The summed E-state index contributed by atoms with van der Waals surface area (Å²) in [6, 6.07) is 4.45. The standard InChI is InChI=1S/C14H19N5/c1-3-12(14-17-5-4-6-18-14)13(9-15)19-8-7-16-10-11(19)2/h4-6,11,16H,3,7-8,10H2,1-2H3/b13-12+. The van der Waals surface area contributed by atoms with Gasteiger partial charge < -0.3 is 10.2 Å². The van der Waals surface area contributed by atoms with Crippen molar-refractivity contribution in [1.29, 1.82) is 5.26 Å². The van der Waals surface area contributed by atoms with E-state index in [2.05, 4.69) is 33.2 Å². The molecule has 1 atom stereocenters. The normalized spacial score (nSPS) is 20.7. The van der Waals surface area contributed by atoms with E-state index in [1.807, 2.05) is 6.92 Å². The maximum atomic E-state index is 9.53. The summed E-state index contributed by atoms with van der Waals surface area (Å²) in [6.45, 7) is 6.82. The second-order valence-electron chi connectivity index (χ2n) is 4.61. The summed E-state index contributed by atoms with van der Waals surface area (Å²) in [4.78, 5) is 10.7. The summed E-state index contributed by atoms with van der Waals surface area (Å²) >= 11 is 0. The van der Waals surface area contributed by atoms with Crippen LogP contribution in [0.25, 0.3) is 5.57 Å². The largest absolute Gasteiger partial charge is 0.357 e. The average Bonchev–Trinajstić information content (AvgIpc) is 2.46. The van der Waals surface area contributed by atoms with Gasteiger partial charge in [-0.25, -0.2) is 9.97 Å². The molecule has 0 amide bonds. The van der Waals surface area contributed by atoms with E-state index in [9.17, 15) is 5.26 Å². The van der Waals surface area contributed by atoms with Gasteiger partial charge in [0.05, 0.1) is 0 Å². The molecule has 1 unspecified atom stereocenters. The van der Waals surface area contributed by atoms with Gasteiger partial charge in [0.25, 0.3) is 0 Å².